The molecule has 0 bridgehead atoms. The van der Waals surface area contributed by atoms with Crippen LogP contribution in [-0.4, -0.2) is 40.4 Å². The van der Waals surface area contributed by atoms with Gasteiger partial charge >= 0.3 is 0 Å². The van der Waals surface area contributed by atoms with E-state index in [0.717, 1.165) is 16.7 Å². The molecule has 0 radical (unpaired) electrons. The quantitative estimate of drug-likeness (QED) is 0.442. The van der Waals surface area contributed by atoms with E-state index in [0.29, 0.717) is 20.5 Å². The Bertz CT molecular complexity index is 777. The Balaban J connectivity index is 2.20. The average molecular weight is 397 g/mol. The first-order valence-electron chi connectivity index (χ1n) is 5.81. The molecule has 0 saturated carbocycles. The molecule has 1 heterocycles. The van der Waals surface area contributed by atoms with Crippen LogP contribution in [0.1, 0.15) is 5.56 Å². The van der Waals surface area contributed by atoms with E-state index in [4.69, 9.17) is 35.4 Å². The highest BCUT2D eigenvalue weighted by Crippen LogP contribution is 2.33. The van der Waals surface area contributed by atoms with Crippen molar-refractivity contribution in [1.82, 2.24) is 4.90 Å². The molecule has 2 rings (SSSR count). The highest BCUT2D eigenvalue weighted by Gasteiger charge is 2.31. The van der Waals surface area contributed by atoms with Gasteiger partial charge in [0.05, 0.1) is 30.8 Å². The van der Waals surface area contributed by atoms with Gasteiger partial charge in [0, 0.05) is 6.54 Å². The Hall–Kier alpha value is -0.640. The molecule has 1 aromatic carbocycles. The zero-order valence-electron chi connectivity index (χ0n) is 10.8. The summed E-state index contributed by atoms with van der Waals surface area (Å²) in [4.78, 5) is 13.6. The summed E-state index contributed by atoms with van der Waals surface area (Å²) in [5.41, 5.74) is 0.659. The molecule has 118 valence electrons. The summed E-state index contributed by atoms with van der Waals surface area (Å²) in [5, 5.41) is 0.746. The Morgan fingerprint density at radius 3 is 2.59 bits per heavy atom. The lowest BCUT2D eigenvalue weighted by atomic mass is 10.2. The number of thiocarbonyl (C=S) groups is 1. The van der Waals surface area contributed by atoms with Crippen LogP contribution in [0.2, 0.25) is 10.0 Å². The summed E-state index contributed by atoms with van der Waals surface area (Å²) in [5.74, 6) is -1.12. The van der Waals surface area contributed by atoms with E-state index in [1.54, 1.807) is 24.3 Å². The second-order valence-electron chi connectivity index (χ2n) is 4.27. The third-order valence-corrected chi connectivity index (χ3v) is 5.48. The minimum absolute atomic E-state index is 0.208. The first-order chi connectivity index (χ1) is 10.2. The average Bonchev–Trinajstić information content (AvgIpc) is 2.66. The van der Waals surface area contributed by atoms with Crippen LogP contribution in [0.4, 0.5) is 0 Å². The van der Waals surface area contributed by atoms with Gasteiger partial charge in [-0.05, 0) is 23.8 Å². The molecule has 0 unspecified atom stereocenters. The Kier molecular flexibility index (Phi) is 5.52. The number of hydrogen-bond acceptors (Lipinski definition) is 6. The molecule has 1 saturated heterocycles. The lowest BCUT2D eigenvalue weighted by Crippen LogP contribution is -2.32. The van der Waals surface area contributed by atoms with E-state index < -0.39 is 21.8 Å². The number of benzene rings is 1. The maximum atomic E-state index is 12.2. The number of rotatable bonds is 4. The highest BCUT2D eigenvalue weighted by molar-refractivity contribution is 8.26. The topological polar surface area (TPSA) is 77.5 Å². The molecule has 22 heavy (non-hydrogen) atoms. The van der Waals surface area contributed by atoms with Gasteiger partial charge in [-0.1, -0.05) is 53.2 Å². The largest absolute Gasteiger partial charge is 0.748 e. The Labute approximate surface area is 147 Å². The van der Waals surface area contributed by atoms with Crippen LogP contribution < -0.4 is 0 Å². The molecule has 1 aliphatic heterocycles. The van der Waals surface area contributed by atoms with Crippen molar-refractivity contribution in [2.24, 2.45) is 0 Å². The van der Waals surface area contributed by atoms with Gasteiger partial charge in [-0.25, -0.2) is 8.42 Å². The number of amides is 1. The minimum Gasteiger partial charge on any atom is -0.748 e. The van der Waals surface area contributed by atoms with Crippen LogP contribution in [-0.2, 0) is 14.9 Å². The summed E-state index contributed by atoms with van der Waals surface area (Å²) in [6, 6.07) is 4.88. The van der Waals surface area contributed by atoms with Gasteiger partial charge in [0.15, 0.2) is 0 Å². The van der Waals surface area contributed by atoms with E-state index in [-0.39, 0.29) is 10.9 Å². The fourth-order valence-corrected chi connectivity index (χ4v) is 3.67. The zero-order chi connectivity index (χ0) is 16.5. The van der Waals surface area contributed by atoms with Gasteiger partial charge in [0.1, 0.15) is 4.32 Å². The van der Waals surface area contributed by atoms with Crippen LogP contribution in [0, 0.1) is 0 Å². The molecule has 1 aromatic rings. The standard InChI is InChI=1S/C12H9Cl2NO4S3/c13-8-2-1-7(5-9(8)14)6-10-11(16)15(12(20)21-10)3-4-22(17,18)19/h1-2,5-6H,3-4H2,(H,17,18,19)/p-1/b10-6+. The number of nitrogens with zero attached hydrogens (tertiary/aromatic N) is 1. The highest BCUT2D eigenvalue weighted by atomic mass is 35.5. The van der Waals surface area contributed by atoms with E-state index in [1.165, 1.54) is 0 Å². The molecule has 1 amide bonds. The monoisotopic (exact) mass is 396 g/mol. The summed E-state index contributed by atoms with van der Waals surface area (Å²) in [6.45, 7) is -0.255. The number of carbonyl (C=O) groups is 1. The van der Waals surface area contributed by atoms with E-state index >= 15 is 0 Å². The Morgan fingerprint density at radius 1 is 1.32 bits per heavy atom. The molecular weight excluding hydrogens is 389 g/mol. The third kappa shape index (κ3) is 4.43. The van der Waals surface area contributed by atoms with Crippen molar-refractivity contribution in [1.29, 1.82) is 0 Å². The summed E-state index contributed by atoms with van der Waals surface area (Å²) in [6.07, 6.45) is 1.58. The lowest BCUT2D eigenvalue weighted by molar-refractivity contribution is -0.121. The molecule has 0 aromatic heterocycles. The van der Waals surface area contributed by atoms with Gasteiger partial charge in [-0.15, -0.1) is 0 Å². The maximum Gasteiger partial charge on any atom is 0.266 e. The minimum atomic E-state index is -4.41. The van der Waals surface area contributed by atoms with Crippen molar-refractivity contribution in [3.63, 3.8) is 0 Å². The van der Waals surface area contributed by atoms with Crippen molar-refractivity contribution in [2.45, 2.75) is 0 Å². The van der Waals surface area contributed by atoms with Crippen molar-refractivity contribution in [2.75, 3.05) is 12.3 Å². The van der Waals surface area contributed by atoms with Crippen molar-refractivity contribution >= 4 is 73.6 Å². The normalized spacial score (nSPS) is 17.6. The molecule has 1 aliphatic rings. The molecular formula is C12H8Cl2NO4S3-. The molecule has 5 nitrogen and oxygen atoms in total. The summed E-state index contributed by atoms with van der Waals surface area (Å²) < 4.78 is 32.2. The molecule has 0 aliphatic carbocycles. The van der Waals surface area contributed by atoms with Gasteiger partial charge in [0.2, 0.25) is 0 Å². The van der Waals surface area contributed by atoms with Crippen LogP contribution in [0.25, 0.3) is 6.08 Å². The molecule has 1 fully saturated rings. The summed E-state index contributed by atoms with van der Waals surface area (Å²) >= 11 is 17.8. The van der Waals surface area contributed by atoms with Crippen molar-refractivity contribution in [3.05, 3.63) is 38.7 Å². The summed E-state index contributed by atoms with van der Waals surface area (Å²) in [7, 11) is -4.41. The fraction of sp³-hybridized carbons (Fsp3) is 0.167. The van der Waals surface area contributed by atoms with E-state index in [1.807, 2.05) is 0 Å². The maximum absolute atomic E-state index is 12.2. The first kappa shape index (κ1) is 17.7. The van der Waals surface area contributed by atoms with Gasteiger partial charge in [-0.2, -0.15) is 0 Å². The number of thioether (sulfide) groups is 1. The van der Waals surface area contributed by atoms with E-state index in [9.17, 15) is 17.8 Å². The van der Waals surface area contributed by atoms with Crippen LogP contribution in [0.3, 0.4) is 0 Å². The second kappa shape index (κ2) is 6.86. The second-order valence-corrected chi connectivity index (χ2v) is 8.28. The number of halogens is 2. The lowest BCUT2D eigenvalue weighted by Gasteiger charge is -2.15. The zero-order valence-corrected chi connectivity index (χ0v) is 14.7. The molecule has 0 N–H and O–H groups in total. The van der Waals surface area contributed by atoms with Crippen LogP contribution >= 0.6 is 47.2 Å². The predicted octanol–water partition coefficient (Wildman–Crippen LogP) is 2.74. The number of carbonyl (C=O) groups excluding carboxylic acids is 1. The predicted molar refractivity (Wildman–Crippen MR) is 90.9 cm³/mol. The number of hydrogen-bond donors (Lipinski definition) is 0. The smallest absolute Gasteiger partial charge is 0.266 e. The molecule has 0 spiro atoms. The van der Waals surface area contributed by atoms with Gasteiger partial charge in [0.25, 0.3) is 5.91 Å². The SMILES string of the molecule is O=C1/C(=C\c2ccc(Cl)c(Cl)c2)SC(=S)N1CCS(=O)(=O)[O-]. The third-order valence-electron chi connectivity index (χ3n) is 2.68. The van der Waals surface area contributed by atoms with Crippen LogP contribution in [0.5, 0.6) is 0 Å². The van der Waals surface area contributed by atoms with E-state index in [2.05, 4.69) is 0 Å². The fourth-order valence-electron chi connectivity index (χ4n) is 1.65. The van der Waals surface area contributed by atoms with Crippen molar-refractivity contribution in [3.8, 4) is 0 Å². The van der Waals surface area contributed by atoms with Crippen LogP contribution in [0.15, 0.2) is 23.1 Å². The van der Waals surface area contributed by atoms with Crippen molar-refractivity contribution < 1.29 is 17.8 Å². The molecule has 10 heteroatoms. The first-order valence-corrected chi connectivity index (χ1v) is 9.37. The Morgan fingerprint density at radius 2 is 2.00 bits per heavy atom. The van der Waals surface area contributed by atoms with Gasteiger partial charge < -0.3 is 4.55 Å². The molecule has 0 atom stereocenters. The van der Waals surface area contributed by atoms with Gasteiger partial charge in [-0.3, -0.25) is 9.69 Å².